The van der Waals surface area contributed by atoms with E-state index in [0.717, 1.165) is 74.5 Å². The van der Waals surface area contributed by atoms with Gasteiger partial charge in [0.15, 0.2) is 4.77 Å². The molecule has 216 valence electrons. The summed E-state index contributed by atoms with van der Waals surface area (Å²) in [5.74, 6) is 0.898. The second-order valence-corrected chi connectivity index (χ2v) is 10.8. The van der Waals surface area contributed by atoms with Gasteiger partial charge in [0.25, 0.3) is 5.56 Å². The molecule has 5 rings (SSSR count). The molecule has 0 radical (unpaired) electrons. The molecule has 2 heterocycles. The largest absolute Gasteiger partial charge is 0.497 e. The number of nitrogens with one attached hydrogen (secondary N) is 2. The summed E-state index contributed by atoms with van der Waals surface area (Å²) in [6.45, 7) is 8.48. The van der Waals surface area contributed by atoms with Gasteiger partial charge in [0.2, 0.25) is 6.41 Å². The zero-order valence-electron chi connectivity index (χ0n) is 23.4. The molecule has 0 unspecified atom stereocenters. The van der Waals surface area contributed by atoms with Crippen LogP contribution in [-0.4, -0.2) is 67.2 Å². The molecule has 1 fully saturated rings. The molecule has 0 saturated carbocycles. The van der Waals surface area contributed by atoms with E-state index < -0.39 is 0 Å². The predicted octanol–water partition coefficient (Wildman–Crippen LogP) is 5.02. The number of nitrogens with zero attached hydrogens (tertiary/aromatic N) is 3. The Morgan fingerprint density at radius 3 is 2.39 bits per heavy atom. The first-order chi connectivity index (χ1) is 19.9. The van der Waals surface area contributed by atoms with Gasteiger partial charge in [0.1, 0.15) is 5.75 Å². The highest BCUT2D eigenvalue weighted by Gasteiger charge is 2.16. The number of fused-ring (bicyclic) bond motifs is 1. The van der Waals surface area contributed by atoms with Crippen LogP contribution in [0.15, 0.2) is 71.5 Å². The van der Waals surface area contributed by atoms with Crippen molar-refractivity contribution in [1.82, 2.24) is 19.8 Å². The van der Waals surface area contributed by atoms with Crippen LogP contribution in [0.25, 0.3) is 10.9 Å². The van der Waals surface area contributed by atoms with Gasteiger partial charge in [-0.2, -0.15) is 0 Å². The highest BCUT2D eigenvalue weighted by atomic mass is 35.5. The minimum Gasteiger partial charge on any atom is -0.497 e. The number of hydrogen-bond donors (Lipinski definition) is 2. The Labute approximate surface area is 250 Å². The summed E-state index contributed by atoms with van der Waals surface area (Å²) >= 11 is 11.2. The van der Waals surface area contributed by atoms with Crippen LogP contribution in [0, 0.1) is 11.7 Å². The molecule has 0 bridgehead atoms. The molecule has 1 saturated heterocycles. The van der Waals surface area contributed by atoms with Crippen LogP contribution in [0.3, 0.4) is 0 Å². The van der Waals surface area contributed by atoms with E-state index in [1.165, 1.54) is 5.69 Å². The zero-order chi connectivity index (χ0) is 29.2. The number of ether oxygens (including phenoxy) is 1. The van der Waals surface area contributed by atoms with Crippen molar-refractivity contribution in [2.24, 2.45) is 0 Å². The summed E-state index contributed by atoms with van der Waals surface area (Å²) in [5.41, 5.74) is 4.02. The first-order valence-electron chi connectivity index (χ1n) is 13.6. The molecule has 3 aromatic carbocycles. The Morgan fingerprint density at radius 2 is 1.73 bits per heavy atom. The lowest BCUT2D eigenvalue weighted by Crippen LogP contribution is -2.46. The number of aryl methyl sites for hydroxylation is 1. The molecule has 0 atom stereocenters. The molecule has 1 amide bonds. The maximum Gasteiger partial charge on any atom is 0.262 e. The fourth-order valence-electron chi connectivity index (χ4n) is 4.77. The second kappa shape index (κ2) is 14.8. The number of aromatic amines is 1. The Hall–Kier alpha value is -3.66. The minimum absolute atomic E-state index is 0.0799. The summed E-state index contributed by atoms with van der Waals surface area (Å²) in [6.07, 6.45) is 1.78. The second-order valence-electron chi connectivity index (χ2n) is 9.95. The number of carbonyl (C=O) groups is 1. The number of H-pyrrole nitrogens is 1. The quantitative estimate of drug-likeness (QED) is 0.161. The highest BCUT2D eigenvalue weighted by Crippen LogP contribution is 2.20. The number of carbonyl (C=O) groups excluding carboxylic acids is 1. The molecule has 1 aliphatic heterocycles. The number of amides is 1. The lowest BCUT2D eigenvalue weighted by molar-refractivity contribution is -0.109. The van der Waals surface area contributed by atoms with Gasteiger partial charge in [-0.1, -0.05) is 29.8 Å². The van der Waals surface area contributed by atoms with Crippen LogP contribution in [0.1, 0.15) is 17.5 Å². The minimum atomic E-state index is -0.0799. The molecule has 1 aliphatic rings. The summed E-state index contributed by atoms with van der Waals surface area (Å²) in [7, 11) is 1.69. The van der Waals surface area contributed by atoms with Crippen molar-refractivity contribution in [1.29, 1.82) is 0 Å². The number of halogens is 1. The highest BCUT2D eigenvalue weighted by molar-refractivity contribution is 7.71. The molecule has 4 aromatic rings. The van der Waals surface area contributed by atoms with Gasteiger partial charge >= 0.3 is 0 Å². The van der Waals surface area contributed by atoms with Gasteiger partial charge in [-0.3, -0.25) is 19.1 Å². The van der Waals surface area contributed by atoms with Crippen LogP contribution in [0.2, 0.25) is 5.02 Å². The number of anilines is 1. The Kier molecular flexibility index (Phi) is 11.0. The van der Waals surface area contributed by atoms with Crippen molar-refractivity contribution in [3.05, 3.63) is 98.0 Å². The van der Waals surface area contributed by atoms with E-state index >= 15 is 0 Å². The van der Waals surface area contributed by atoms with Crippen LogP contribution in [-0.2, 0) is 11.3 Å². The maximum absolute atomic E-state index is 12.6. The van der Waals surface area contributed by atoms with E-state index in [0.29, 0.717) is 21.7 Å². The van der Waals surface area contributed by atoms with E-state index in [-0.39, 0.29) is 5.56 Å². The molecule has 8 nitrogen and oxygen atoms in total. The number of methoxy groups -OCH3 is 1. The first kappa shape index (κ1) is 30.3. The third-order valence-corrected chi connectivity index (χ3v) is 7.65. The van der Waals surface area contributed by atoms with Gasteiger partial charge in [0, 0.05) is 43.4 Å². The number of aromatic nitrogens is 2. The van der Waals surface area contributed by atoms with Crippen molar-refractivity contribution < 1.29 is 9.53 Å². The lowest BCUT2D eigenvalue weighted by atomic mass is 10.1. The van der Waals surface area contributed by atoms with Gasteiger partial charge in [0.05, 0.1) is 24.6 Å². The molecule has 0 spiro atoms. The average Bonchev–Trinajstić information content (AvgIpc) is 2.99. The lowest BCUT2D eigenvalue weighted by Gasteiger charge is -2.36. The van der Waals surface area contributed by atoms with E-state index in [9.17, 15) is 9.59 Å². The van der Waals surface area contributed by atoms with E-state index in [2.05, 4.69) is 32.2 Å². The molecule has 10 heteroatoms. The molecular formula is C31H36ClN5O3S. The summed E-state index contributed by atoms with van der Waals surface area (Å²) in [5, 5.41) is 4.02. The topological polar surface area (TPSA) is 82.6 Å². The van der Waals surface area contributed by atoms with Crippen molar-refractivity contribution in [3.63, 3.8) is 0 Å². The van der Waals surface area contributed by atoms with E-state index in [4.69, 9.17) is 28.6 Å². The van der Waals surface area contributed by atoms with Crippen LogP contribution in [0.5, 0.6) is 5.75 Å². The van der Waals surface area contributed by atoms with E-state index in [1.807, 2.05) is 49.4 Å². The monoisotopic (exact) mass is 593 g/mol. The molecule has 41 heavy (non-hydrogen) atoms. The third kappa shape index (κ3) is 8.42. The van der Waals surface area contributed by atoms with Gasteiger partial charge in [-0.15, -0.1) is 0 Å². The number of piperazine rings is 1. The summed E-state index contributed by atoms with van der Waals surface area (Å²) < 4.78 is 7.17. The first-order valence-corrected chi connectivity index (χ1v) is 14.4. The van der Waals surface area contributed by atoms with Crippen LogP contribution < -0.4 is 20.5 Å². The SMILES string of the molecule is COc1ccc(N2CCN(CCCNC=O)CC2)cc1.Cc1ccc2c(=O)n(Cc3ccc(Cl)cc3)c(=S)[nH]c2c1. The van der Waals surface area contributed by atoms with Crippen LogP contribution in [0.4, 0.5) is 5.69 Å². The standard InChI is InChI=1S/C16H13ClN2OS.C15H23N3O2/c1-10-2-7-13-14(8-10)18-16(21)19(15(13)20)9-11-3-5-12(17)6-4-11;1-20-15-5-3-14(4-6-15)18-11-9-17(10-12-18)8-2-7-16-13-19/h2-8H,9H2,1H3,(H,18,21);3-6,13H,2,7-12H2,1H3,(H,16,19). The number of rotatable bonds is 9. The zero-order valence-corrected chi connectivity index (χ0v) is 25.0. The third-order valence-electron chi connectivity index (χ3n) is 7.08. The summed E-state index contributed by atoms with van der Waals surface area (Å²) in [6, 6.07) is 21.3. The van der Waals surface area contributed by atoms with Crippen molar-refractivity contribution in [2.45, 2.75) is 19.9 Å². The molecular weight excluding hydrogens is 558 g/mol. The Morgan fingerprint density at radius 1 is 1.02 bits per heavy atom. The maximum atomic E-state index is 12.6. The Bertz CT molecular complexity index is 1550. The molecule has 2 N–H and O–H groups in total. The normalized spacial score (nSPS) is 13.4. The molecule has 1 aromatic heterocycles. The Balaban J connectivity index is 0.000000189. The van der Waals surface area contributed by atoms with Gasteiger partial charge < -0.3 is 19.9 Å². The molecule has 0 aliphatic carbocycles. The smallest absolute Gasteiger partial charge is 0.262 e. The fourth-order valence-corrected chi connectivity index (χ4v) is 5.15. The predicted molar refractivity (Wildman–Crippen MR) is 169 cm³/mol. The van der Waals surface area contributed by atoms with Crippen molar-refractivity contribution >= 4 is 46.8 Å². The number of benzene rings is 3. The average molecular weight is 594 g/mol. The van der Waals surface area contributed by atoms with E-state index in [1.54, 1.807) is 23.8 Å². The van der Waals surface area contributed by atoms with Gasteiger partial charge in [-0.05, 0) is 91.8 Å². The van der Waals surface area contributed by atoms with Crippen molar-refractivity contribution in [3.8, 4) is 5.75 Å². The fraction of sp³-hybridized carbons (Fsp3) is 0.323. The van der Waals surface area contributed by atoms with Crippen molar-refractivity contribution in [2.75, 3.05) is 51.3 Å². The van der Waals surface area contributed by atoms with Gasteiger partial charge in [-0.25, -0.2) is 0 Å². The number of hydrogen-bond acceptors (Lipinski definition) is 6. The van der Waals surface area contributed by atoms with Crippen LogP contribution >= 0.6 is 23.8 Å². The summed E-state index contributed by atoms with van der Waals surface area (Å²) in [4.78, 5) is 30.7.